The fourth-order valence-corrected chi connectivity index (χ4v) is 0. The van der Waals surface area contributed by atoms with Gasteiger partial charge in [-0.2, -0.15) is 0 Å². The minimum Gasteiger partial charge on any atom is -0.511 e. The Morgan fingerprint density at radius 1 is 0.778 bits per heavy atom. The molecular formula is H4O6PbSi2. The molecule has 0 aromatic heterocycles. The van der Waals surface area contributed by atoms with E-state index in [0.29, 0.717) is 0 Å². The van der Waals surface area contributed by atoms with Crippen molar-refractivity contribution in [1.29, 1.82) is 0 Å². The summed E-state index contributed by atoms with van der Waals surface area (Å²) in [5.41, 5.74) is 0. The van der Waals surface area contributed by atoms with E-state index in [9.17, 15) is 0 Å². The molecule has 9 heteroatoms. The molecule has 4 N–H and O–H groups in total. The summed E-state index contributed by atoms with van der Waals surface area (Å²) < 4.78 is 17.5. The molecule has 52 valence electrons. The Labute approximate surface area is 73.7 Å². The molecular weight excluding hydrogens is 359 g/mol. The van der Waals surface area contributed by atoms with Gasteiger partial charge in [-0.05, 0) is 0 Å². The van der Waals surface area contributed by atoms with Crippen LogP contribution in [-0.2, 0) is 8.92 Å². The number of hydrogen-bond acceptors (Lipinski definition) is 2. The molecule has 4 radical (unpaired) electrons. The SMILES string of the molecule is O=[Si](O)O.O=[Si](O)O.[Pb]. The molecule has 0 unspecified atom stereocenters. The molecule has 0 aromatic carbocycles. The molecule has 0 bridgehead atoms. The minimum atomic E-state index is -3.13. The largest absolute Gasteiger partial charge is 0.761 e. The van der Waals surface area contributed by atoms with Crippen molar-refractivity contribution >= 4 is 45.6 Å². The number of rotatable bonds is 0. The summed E-state index contributed by atoms with van der Waals surface area (Å²) in [5, 5.41) is 0. The Kier molecular flexibility index (Phi) is 19.7. The van der Waals surface area contributed by atoms with Gasteiger partial charge in [-0.3, -0.25) is 8.92 Å². The smallest absolute Gasteiger partial charge is 0.511 e. The van der Waals surface area contributed by atoms with Crippen molar-refractivity contribution < 1.29 is 28.1 Å². The molecule has 0 aliphatic rings. The summed E-state index contributed by atoms with van der Waals surface area (Å²) in [7, 11) is -6.26. The van der Waals surface area contributed by atoms with Crippen LogP contribution in [0.3, 0.4) is 0 Å². The van der Waals surface area contributed by atoms with E-state index in [2.05, 4.69) is 0 Å². The van der Waals surface area contributed by atoms with Crippen LogP contribution in [0.4, 0.5) is 0 Å². The maximum absolute atomic E-state index is 8.74. The third-order valence-corrected chi connectivity index (χ3v) is 0. The Bertz CT molecular complexity index is 69.1. The van der Waals surface area contributed by atoms with Crippen molar-refractivity contribution in [2.75, 3.05) is 0 Å². The zero-order valence-corrected chi connectivity index (χ0v) is 9.99. The first-order chi connectivity index (χ1) is 3.46. The van der Waals surface area contributed by atoms with Crippen LogP contribution in [0.1, 0.15) is 0 Å². The third kappa shape index (κ3) is 12700. The predicted octanol–water partition coefficient (Wildman–Crippen LogP) is -3.61. The van der Waals surface area contributed by atoms with Gasteiger partial charge in [0, 0.05) is 27.3 Å². The molecule has 0 amide bonds. The van der Waals surface area contributed by atoms with E-state index >= 15 is 0 Å². The summed E-state index contributed by atoms with van der Waals surface area (Å²) in [4.78, 5) is 28.6. The van der Waals surface area contributed by atoms with E-state index in [1.54, 1.807) is 0 Å². The van der Waals surface area contributed by atoms with Crippen LogP contribution in [0.2, 0.25) is 0 Å². The summed E-state index contributed by atoms with van der Waals surface area (Å²) >= 11 is 0. The second kappa shape index (κ2) is 11.0. The molecule has 0 atom stereocenters. The molecule has 6 nitrogen and oxygen atoms in total. The van der Waals surface area contributed by atoms with Gasteiger partial charge in [0.05, 0.1) is 0 Å². The monoisotopic (exact) mass is 364 g/mol. The van der Waals surface area contributed by atoms with Crippen molar-refractivity contribution in [2.45, 2.75) is 0 Å². The van der Waals surface area contributed by atoms with Gasteiger partial charge in [0.15, 0.2) is 0 Å². The predicted molar refractivity (Wildman–Crippen MR) is 27.5 cm³/mol. The number of hydrogen-bond donors (Lipinski definition) is 4. The van der Waals surface area contributed by atoms with Gasteiger partial charge < -0.3 is 19.2 Å². The standard InChI is InChI=1S/2H2O3Si.Pb/c2*1-4(2)3;/h2*1-2H;. The van der Waals surface area contributed by atoms with E-state index in [1.165, 1.54) is 0 Å². The molecule has 0 rings (SSSR count). The molecule has 0 saturated heterocycles. The van der Waals surface area contributed by atoms with Crippen LogP contribution in [0.15, 0.2) is 0 Å². The Balaban J connectivity index is -0.0000000720. The molecule has 9 heavy (non-hydrogen) atoms. The van der Waals surface area contributed by atoms with Crippen LogP contribution in [0, 0.1) is 0 Å². The average molecular weight is 363 g/mol. The third-order valence-electron chi connectivity index (χ3n) is 0. The van der Waals surface area contributed by atoms with Crippen molar-refractivity contribution in [3.05, 3.63) is 0 Å². The topological polar surface area (TPSA) is 115 Å². The Hall–Kier alpha value is 0.156. The second-order valence-electron chi connectivity index (χ2n) is 0.565. The quantitative estimate of drug-likeness (QED) is 0.331. The van der Waals surface area contributed by atoms with Crippen molar-refractivity contribution in [3.63, 3.8) is 0 Å². The second-order valence-corrected chi connectivity index (χ2v) is 1.70. The molecule has 0 fully saturated rings. The van der Waals surface area contributed by atoms with Gasteiger partial charge in [0.25, 0.3) is 0 Å². The van der Waals surface area contributed by atoms with Gasteiger partial charge in [-0.15, -0.1) is 0 Å². The molecule has 0 saturated carbocycles. The first-order valence-corrected chi connectivity index (χ1v) is 3.91. The summed E-state index contributed by atoms with van der Waals surface area (Å²) in [6.07, 6.45) is 0. The van der Waals surface area contributed by atoms with Crippen LogP contribution < -0.4 is 0 Å². The molecule has 0 aromatic rings. The van der Waals surface area contributed by atoms with Crippen LogP contribution in [0.25, 0.3) is 0 Å². The van der Waals surface area contributed by atoms with Crippen LogP contribution in [0.5, 0.6) is 0 Å². The molecule has 0 aliphatic heterocycles. The normalized spacial score (nSPS) is 5.33. The zero-order chi connectivity index (χ0) is 7.15. The van der Waals surface area contributed by atoms with E-state index in [-0.39, 0.29) is 27.3 Å². The van der Waals surface area contributed by atoms with E-state index in [4.69, 9.17) is 28.1 Å². The van der Waals surface area contributed by atoms with Crippen LogP contribution in [-0.4, -0.2) is 64.8 Å². The molecule has 0 spiro atoms. The average Bonchev–Trinajstić information content (AvgIpc) is 1.25. The maximum Gasteiger partial charge on any atom is 0.761 e. The van der Waals surface area contributed by atoms with Gasteiger partial charge in [0.2, 0.25) is 0 Å². The maximum atomic E-state index is 8.74. The Morgan fingerprint density at radius 3 is 0.778 bits per heavy atom. The molecule has 0 aliphatic carbocycles. The summed E-state index contributed by atoms with van der Waals surface area (Å²) in [6.45, 7) is 0. The van der Waals surface area contributed by atoms with Crippen LogP contribution >= 0.6 is 0 Å². The first kappa shape index (κ1) is 16.1. The Morgan fingerprint density at radius 2 is 0.778 bits per heavy atom. The van der Waals surface area contributed by atoms with E-state index in [0.717, 1.165) is 0 Å². The van der Waals surface area contributed by atoms with Gasteiger partial charge in [0.1, 0.15) is 0 Å². The van der Waals surface area contributed by atoms with Crippen molar-refractivity contribution in [2.24, 2.45) is 0 Å². The van der Waals surface area contributed by atoms with Crippen molar-refractivity contribution in [3.8, 4) is 0 Å². The van der Waals surface area contributed by atoms with Gasteiger partial charge in [-0.1, -0.05) is 0 Å². The van der Waals surface area contributed by atoms with E-state index < -0.39 is 18.3 Å². The fraction of sp³-hybridized carbons (Fsp3) is 0. The fourth-order valence-electron chi connectivity index (χ4n) is 0. The zero-order valence-electron chi connectivity index (χ0n) is 4.11. The molecule has 0 heterocycles. The summed E-state index contributed by atoms with van der Waals surface area (Å²) in [5.74, 6) is 0. The summed E-state index contributed by atoms with van der Waals surface area (Å²) in [6, 6.07) is 0. The van der Waals surface area contributed by atoms with Gasteiger partial charge in [-0.25, -0.2) is 0 Å². The first-order valence-electron chi connectivity index (χ1n) is 1.30. The minimum absolute atomic E-state index is 0. The van der Waals surface area contributed by atoms with Crippen molar-refractivity contribution in [1.82, 2.24) is 0 Å². The van der Waals surface area contributed by atoms with Gasteiger partial charge >= 0.3 is 18.3 Å². The van der Waals surface area contributed by atoms with E-state index in [1.807, 2.05) is 0 Å².